The van der Waals surface area contributed by atoms with E-state index < -0.39 is 21.8 Å². The first-order chi connectivity index (χ1) is 11.3. The maximum atomic E-state index is 13.5. The molecule has 1 aliphatic heterocycles. The molecule has 1 atom stereocenters. The van der Waals surface area contributed by atoms with E-state index in [9.17, 15) is 17.6 Å². The van der Waals surface area contributed by atoms with Gasteiger partial charge in [0.2, 0.25) is 15.9 Å². The SMILES string of the molecule is Cc1cc(S(=O)(=O)N2CCCC(C(=O)NCCN)C2)c(Cl)cc1F.Cl. The molecule has 1 amide bonds. The molecule has 1 fully saturated rings. The molecule has 0 spiro atoms. The Hall–Kier alpha value is -0.930. The first-order valence-corrected chi connectivity index (χ1v) is 9.52. The molecular formula is C15H22Cl2FN3O3S. The predicted molar refractivity (Wildman–Crippen MR) is 96.9 cm³/mol. The maximum Gasteiger partial charge on any atom is 0.244 e. The second kappa shape index (κ2) is 9.14. The van der Waals surface area contributed by atoms with Crippen LogP contribution < -0.4 is 11.1 Å². The third kappa shape index (κ3) is 5.04. The fourth-order valence-corrected chi connectivity index (χ4v) is 4.78. The van der Waals surface area contributed by atoms with Gasteiger partial charge >= 0.3 is 0 Å². The smallest absolute Gasteiger partial charge is 0.244 e. The van der Waals surface area contributed by atoms with Gasteiger partial charge in [-0.05, 0) is 37.5 Å². The summed E-state index contributed by atoms with van der Waals surface area (Å²) in [6, 6.07) is 2.23. The summed E-state index contributed by atoms with van der Waals surface area (Å²) in [6.45, 7) is 2.53. The molecule has 0 saturated carbocycles. The number of rotatable bonds is 5. The Balaban J connectivity index is 0.00000312. The minimum Gasteiger partial charge on any atom is -0.355 e. The van der Waals surface area contributed by atoms with E-state index in [1.807, 2.05) is 0 Å². The summed E-state index contributed by atoms with van der Waals surface area (Å²) in [7, 11) is -3.89. The van der Waals surface area contributed by atoms with Crippen LogP contribution in [0.3, 0.4) is 0 Å². The third-order valence-corrected chi connectivity index (χ3v) is 6.36. The Morgan fingerprint density at radius 2 is 2.16 bits per heavy atom. The quantitative estimate of drug-likeness (QED) is 0.767. The van der Waals surface area contributed by atoms with Crippen LogP contribution in [0, 0.1) is 18.7 Å². The van der Waals surface area contributed by atoms with Crippen molar-refractivity contribution >= 4 is 39.9 Å². The highest BCUT2D eigenvalue weighted by Crippen LogP contribution is 2.30. The van der Waals surface area contributed by atoms with E-state index in [1.165, 1.54) is 17.3 Å². The summed E-state index contributed by atoms with van der Waals surface area (Å²) >= 11 is 5.93. The molecule has 0 aliphatic carbocycles. The normalized spacial score (nSPS) is 18.5. The minimum absolute atomic E-state index is 0. The standard InChI is InChI=1S/C15H21ClFN3O3S.ClH/c1-10-7-14(12(16)8-13(10)17)24(22,23)20-6-2-3-11(9-20)15(21)19-5-4-18;/h7-8,11H,2-6,9,18H2,1H3,(H,19,21);1H. The average Bonchev–Trinajstić information content (AvgIpc) is 2.55. The molecule has 0 bridgehead atoms. The van der Waals surface area contributed by atoms with E-state index in [0.717, 1.165) is 6.07 Å². The highest BCUT2D eigenvalue weighted by molar-refractivity contribution is 7.89. The molecule has 10 heteroatoms. The number of piperidine rings is 1. The Kier molecular flexibility index (Phi) is 8.08. The zero-order chi connectivity index (χ0) is 17.9. The number of carbonyl (C=O) groups is 1. The molecular weight excluding hydrogens is 392 g/mol. The Labute approximate surface area is 158 Å². The number of nitrogens with two attached hydrogens (primary N) is 1. The first kappa shape index (κ1) is 22.1. The Bertz CT molecular complexity index is 731. The zero-order valence-electron chi connectivity index (χ0n) is 13.8. The van der Waals surface area contributed by atoms with Gasteiger partial charge in [0.1, 0.15) is 10.7 Å². The van der Waals surface area contributed by atoms with E-state index in [0.29, 0.717) is 32.5 Å². The molecule has 1 aliphatic rings. The van der Waals surface area contributed by atoms with Crippen LogP contribution in [0.1, 0.15) is 18.4 Å². The summed E-state index contributed by atoms with van der Waals surface area (Å²) in [5.74, 6) is -1.20. The van der Waals surface area contributed by atoms with Gasteiger partial charge in [0.15, 0.2) is 0 Å². The van der Waals surface area contributed by atoms with Gasteiger partial charge in [-0.25, -0.2) is 12.8 Å². The van der Waals surface area contributed by atoms with Gasteiger partial charge in [0, 0.05) is 26.2 Å². The van der Waals surface area contributed by atoms with Crippen molar-refractivity contribution < 1.29 is 17.6 Å². The molecule has 3 N–H and O–H groups in total. The predicted octanol–water partition coefficient (Wildman–Crippen LogP) is 1.68. The van der Waals surface area contributed by atoms with Crippen molar-refractivity contribution in [3.05, 3.63) is 28.5 Å². The highest BCUT2D eigenvalue weighted by Gasteiger charge is 2.34. The van der Waals surface area contributed by atoms with Gasteiger partial charge in [-0.1, -0.05) is 11.6 Å². The van der Waals surface area contributed by atoms with Crippen molar-refractivity contribution in [2.45, 2.75) is 24.7 Å². The number of carbonyl (C=O) groups excluding carboxylic acids is 1. The van der Waals surface area contributed by atoms with E-state index >= 15 is 0 Å². The second-order valence-electron chi connectivity index (χ2n) is 5.81. The Morgan fingerprint density at radius 1 is 1.48 bits per heavy atom. The van der Waals surface area contributed by atoms with Crippen LogP contribution in [0.25, 0.3) is 0 Å². The van der Waals surface area contributed by atoms with E-state index in [2.05, 4.69) is 5.32 Å². The second-order valence-corrected chi connectivity index (χ2v) is 8.13. The van der Waals surface area contributed by atoms with Gasteiger partial charge in [0.25, 0.3) is 0 Å². The summed E-state index contributed by atoms with van der Waals surface area (Å²) < 4.78 is 40.4. The first-order valence-electron chi connectivity index (χ1n) is 7.71. The van der Waals surface area contributed by atoms with Crippen LogP contribution in [0.5, 0.6) is 0 Å². The number of nitrogens with one attached hydrogen (secondary N) is 1. The van der Waals surface area contributed by atoms with Crippen molar-refractivity contribution in [2.75, 3.05) is 26.2 Å². The van der Waals surface area contributed by atoms with Gasteiger partial charge in [0.05, 0.1) is 10.9 Å². The molecule has 0 aromatic heterocycles. The van der Waals surface area contributed by atoms with Crippen LogP contribution in [-0.4, -0.2) is 44.8 Å². The number of benzene rings is 1. The lowest BCUT2D eigenvalue weighted by atomic mass is 9.99. The topological polar surface area (TPSA) is 92.5 Å². The molecule has 6 nitrogen and oxygen atoms in total. The fraction of sp³-hybridized carbons (Fsp3) is 0.533. The van der Waals surface area contributed by atoms with E-state index in [4.69, 9.17) is 17.3 Å². The number of sulfonamides is 1. The summed E-state index contributed by atoms with van der Waals surface area (Å²) in [4.78, 5) is 11.9. The van der Waals surface area contributed by atoms with Gasteiger partial charge in [-0.3, -0.25) is 4.79 Å². The van der Waals surface area contributed by atoms with Crippen LogP contribution in [-0.2, 0) is 14.8 Å². The average molecular weight is 414 g/mol. The van der Waals surface area contributed by atoms with Gasteiger partial charge in [-0.2, -0.15) is 4.31 Å². The monoisotopic (exact) mass is 413 g/mol. The lowest BCUT2D eigenvalue weighted by Gasteiger charge is -2.31. The fourth-order valence-electron chi connectivity index (χ4n) is 2.68. The van der Waals surface area contributed by atoms with Crippen molar-refractivity contribution in [1.82, 2.24) is 9.62 Å². The summed E-state index contributed by atoms with van der Waals surface area (Å²) in [5, 5.41) is 2.52. The molecule has 25 heavy (non-hydrogen) atoms. The highest BCUT2D eigenvalue weighted by atomic mass is 35.5. The number of hydrogen-bond acceptors (Lipinski definition) is 4. The molecule has 1 saturated heterocycles. The van der Waals surface area contributed by atoms with Crippen LogP contribution in [0.4, 0.5) is 4.39 Å². The van der Waals surface area contributed by atoms with Crippen LogP contribution in [0.15, 0.2) is 17.0 Å². The van der Waals surface area contributed by atoms with Crippen molar-refractivity contribution in [3.63, 3.8) is 0 Å². The van der Waals surface area contributed by atoms with E-state index in [-0.39, 0.29) is 40.3 Å². The molecule has 0 radical (unpaired) electrons. The van der Waals surface area contributed by atoms with Crippen LogP contribution in [0.2, 0.25) is 5.02 Å². The lowest BCUT2D eigenvalue weighted by molar-refractivity contribution is -0.126. The van der Waals surface area contributed by atoms with Crippen molar-refractivity contribution in [1.29, 1.82) is 0 Å². The molecule has 1 unspecified atom stereocenters. The maximum absolute atomic E-state index is 13.5. The molecule has 1 aromatic carbocycles. The number of halogens is 3. The van der Waals surface area contributed by atoms with Gasteiger partial charge < -0.3 is 11.1 Å². The minimum atomic E-state index is -3.89. The molecule has 1 aromatic rings. The number of hydrogen-bond donors (Lipinski definition) is 2. The van der Waals surface area contributed by atoms with Gasteiger partial charge in [-0.15, -0.1) is 12.4 Å². The van der Waals surface area contributed by atoms with Crippen LogP contribution >= 0.6 is 24.0 Å². The molecule has 1 heterocycles. The Morgan fingerprint density at radius 3 is 2.80 bits per heavy atom. The van der Waals surface area contributed by atoms with Crippen molar-refractivity contribution in [2.24, 2.45) is 11.7 Å². The number of aryl methyl sites for hydroxylation is 1. The zero-order valence-corrected chi connectivity index (χ0v) is 16.2. The molecule has 2 rings (SSSR count). The van der Waals surface area contributed by atoms with E-state index in [1.54, 1.807) is 0 Å². The third-order valence-electron chi connectivity index (χ3n) is 4.03. The largest absolute Gasteiger partial charge is 0.355 e. The number of nitrogens with zero attached hydrogens (tertiary/aromatic N) is 1. The van der Waals surface area contributed by atoms with Crippen molar-refractivity contribution in [3.8, 4) is 0 Å². The molecule has 142 valence electrons. The number of amides is 1. The lowest BCUT2D eigenvalue weighted by Crippen LogP contribution is -2.46. The summed E-state index contributed by atoms with van der Waals surface area (Å²) in [5.41, 5.74) is 5.56. The summed E-state index contributed by atoms with van der Waals surface area (Å²) in [6.07, 6.45) is 1.18.